The number of nitrogens with zero attached hydrogens (tertiary/aromatic N) is 3. The molecule has 3 rings (SSSR count). The highest BCUT2D eigenvalue weighted by Gasteiger charge is 2.06. The van der Waals surface area contributed by atoms with Crippen molar-refractivity contribution in [1.29, 1.82) is 0 Å². The summed E-state index contributed by atoms with van der Waals surface area (Å²) in [6.45, 7) is 4.01. The third kappa shape index (κ3) is 4.60. The van der Waals surface area contributed by atoms with Crippen LogP contribution >= 0.6 is 0 Å². The molecular formula is C19H19N5O. The van der Waals surface area contributed by atoms with E-state index in [0.717, 1.165) is 28.5 Å². The SMILES string of the molecule is CC(=O)Nc1cccc(CNc2cc(C)nc(-c3ccccn3)n2)c1. The highest BCUT2D eigenvalue weighted by molar-refractivity contribution is 5.88. The van der Waals surface area contributed by atoms with Crippen molar-refractivity contribution < 1.29 is 4.79 Å². The fourth-order valence-corrected chi connectivity index (χ4v) is 2.42. The Hall–Kier alpha value is -3.28. The number of nitrogens with one attached hydrogen (secondary N) is 2. The molecule has 0 bridgehead atoms. The summed E-state index contributed by atoms with van der Waals surface area (Å²) in [5, 5.41) is 6.08. The second kappa shape index (κ2) is 7.53. The molecule has 0 aliphatic carbocycles. The lowest BCUT2D eigenvalue weighted by Crippen LogP contribution is -2.07. The highest BCUT2D eigenvalue weighted by Crippen LogP contribution is 2.17. The number of carbonyl (C=O) groups is 1. The van der Waals surface area contributed by atoms with Gasteiger partial charge in [0.1, 0.15) is 11.5 Å². The Labute approximate surface area is 146 Å². The van der Waals surface area contributed by atoms with Gasteiger partial charge in [0.2, 0.25) is 5.91 Å². The Kier molecular flexibility index (Phi) is 4.99. The number of rotatable bonds is 5. The van der Waals surface area contributed by atoms with Crippen LogP contribution in [0.25, 0.3) is 11.5 Å². The third-order valence-electron chi connectivity index (χ3n) is 3.47. The predicted octanol–water partition coefficient (Wildman–Crippen LogP) is 3.42. The Balaban J connectivity index is 1.75. The number of carbonyl (C=O) groups excluding carboxylic acids is 1. The molecule has 6 heteroatoms. The summed E-state index contributed by atoms with van der Waals surface area (Å²) in [4.78, 5) is 24.4. The average molecular weight is 333 g/mol. The van der Waals surface area contributed by atoms with E-state index in [-0.39, 0.29) is 5.91 Å². The first-order valence-electron chi connectivity index (χ1n) is 7.97. The molecule has 0 spiro atoms. The minimum absolute atomic E-state index is 0.0865. The fourth-order valence-electron chi connectivity index (χ4n) is 2.42. The van der Waals surface area contributed by atoms with Crippen molar-refractivity contribution in [2.24, 2.45) is 0 Å². The number of anilines is 2. The average Bonchev–Trinajstić information content (AvgIpc) is 2.60. The van der Waals surface area contributed by atoms with E-state index in [0.29, 0.717) is 12.4 Å². The summed E-state index contributed by atoms with van der Waals surface area (Å²) in [5.74, 6) is 1.24. The molecule has 2 heterocycles. The van der Waals surface area contributed by atoms with Gasteiger partial charge < -0.3 is 10.6 Å². The topological polar surface area (TPSA) is 79.8 Å². The Morgan fingerprint density at radius 2 is 1.96 bits per heavy atom. The minimum atomic E-state index is -0.0865. The van der Waals surface area contributed by atoms with E-state index in [4.69, 9.17) is 0 Å². The van der Waals surface area contributed by atoms with Crippen molar-refractivity contribution >= 4 is 17.4 Å². The molecule has 0 saturated heterocycles. The lowest BCUT2D eigenvalue weighted by molar-refractivity contribution is -0.114. The van der Waals surface area contributed by atoms with Gasteiger partial charge in [0, 0.05) is 37.1 Å². The monoisotopic (exact) mass is 333 g/mol. The molecule has 0 saturated carbocycles. The smallest absolute Gasteiger partial charge is 0.221 e. The molecule has 3 aromatic rings. The molecule has 0 radical (unpaired) electrons. The van der Waals surface area contributed by atoms with Crippen LogP contribution in [-0.2, 0) is 11.3 Å². The van der Waals surface area contributed by atoms with Gasteiger partial charge >= 0.3 is 0 Å². The van der Waals surface area contributed by atoms with Crippen LogP contribution in [0.15, 0.2) is 54.7 Å². The maximum Gasteiger partial charge on any atom is 0.221 e. The van der Waals surface area contributed by atoms with Crippen molar-refractivity contribution in [2.45, 2.75) is 20.4 Å². The first-order chi connectivity index (χ1) is 12.1. The maximum atomic E-state index is 11.2. The number of aromatic nitrogens is 3. The van der Waals surface area contributed by atoms with Crippen LogP contribution in [0.1, 0.15) is 18.2 Å². The van der Waals surface area contributed by atoms with Crippen LogP contribution in [0.2, 0.25) is 0 Å². The van der Waals surface area contributed by atoms with Crippen LogP contribution < -0.4 is 10.6 Å². The molecule has 0 fully saturated rings. The molecular weight excluding hydrogens is 314 g/mol. The second-order valence-electron chi connectivity index (χ2n) is 5.67. The summed E-state index contributed by atoms with van der Waals surface area (Å²) in [6, 6.07) is 15.2. The van der Waals surface area contributed by atoms with E-state index >= 15 is 0 Å². The van der Waals surface area contributed by atoms with Gasteiger partial charge in [0.05, 0.1) is 0 Å². The van der Waals surface area contributed by atoms with Gasteiger partial charge in [-0.3, -0.25) is 9.78 Å². The molecule has 6 nitrogen and oxygen atoms in total. The first-order valence-corrected chi connectivity index (χ1v) is 7.97. The maximum absolute atomic E-state index is 11.2. The molecule has 1 amide bonds. The second-order valence-corrected chi connectivity index (χ2v) is 5.67. The molecule has 2 N–H and O–H groups in total. The number of hydrogen-bond donors (Lipinski definition) is 2. The molecule has 2 aromatic heterocycles. The van der Waals surface area contributed by atoms with Gasteiger partial charge in [0.25, 0.3) is 0 Å². The largest absolute Gasteiger partial charge is 0.366 e. The van der Waals surface area contributed by atoms with Crippen LogP contribution in [0, 0.1) is 6.92 Å². The first kappa shape index (κ1) is 16.6. The van der Waals surface area contributed by atoms with Crippen molar-refractivity contribution in [3.05, 3.63) is 66.0 Å². The zero-order valence-electron chi connectivity index (χ0n) is 14.2. The van der Waals surface area contributed by atoms with E-state index in [1.807, 2.05) is 55.5 Å². The lowest BCUT2D eigenvalue weighted by atomic mass is 10.2. The standard InChI is InChI=1S/C19H19N5O/c1-13-10-18(24-19(22-13)17-8-3-4-9-20-17)21-12-15-6-5-7-16(11-15)23-14(2)25/h3-11H,12H2,1-2H3,(H,23,25)(H,21,22,24). The number of benzene rings is 1. The van der Waals surface area contributed by atoms with Crippen molar-refractivity contribution in [2.75, 3.05) is 10.6 Å². The number of pyridine rings is 1. The van der Waals surface area contributed by atoms with Crippen LogP contribution in [0.3, 0.4) is 0 Å². The zero-order chi connectivity index (χ0) is 17.6. The normalized spacial score (nSPS) is 10.3. The van der Waals surface area contributed by atoms with E-state index in [9.17, 15) is 4.79 Å². The van der Waals surface area contributed by atoms with E-state index in [2.05, 4.69) is 25.6 Å². The summed E-state index contributed by atoms with van der Waals surface area (Å²) >= 11 is 0. The number of hydrogen-bond acceptors (Lipinski definition) is 5. The Morgan fingerprint density at radius 3 is 2.72 bits per heavy atom. The third-order valence-corrected chi connectivity index (χ3v) is 3.47. The molecule has 126 valence electrons. The molecule has 0 aliphatic heterocycles. The van der Waals surface area contributed by atoms with Crippen LogP contribution in [0.5, 0.6) is 0 Å². The van der Waals surface area contributed by atoms with Gasteiger partial charge in [-0.2, -0.15) is 0 Å². The number of aryl methyl sites for hydroxylation is 1. The molecule has 0 atom stereocenters. The van der Waals surface area contributed by atoms with E-state index < -0.39 is 0 Å². The van der Waals surface area contributed by atoms with Gasteiger partial charge in [-0.15, -0.1) is 0 Å². The molecule has 0 aliphatic rings. The fraction of sp³-hybridized carbons (Fsp3) is 0.158. The summed E-state index contributed by atoms with van der Waals surface area (Å²) in [5.41, 5.74) is 3.42. The van der Waals surface area contributed by atoms with Gasteiger partial charge in [-0.05, 0) is 36.8 Å². The molecule has 0 unspecified atom stereocenters. The molecule has 1 aromatic carbocycles. The van der Waals surface area contributed by atoms with Crippen LogP contribution in [0.4, 0.5) is 11.5 Å². The van der Waals surface area contributed by atoms with E-state index in [1.165, 1.54) is 6.92 Å². The van der Waals surface area contributed by atoms with Gasteiger partial charge in [-0.25, -0.2) is 9.97 Å². The van der Waals surface area contributed by atoms with Gasteiger partial charge in [-0.1, -0.05) is 18.2 Å². The van der Waals surface area contributed by atoms with Crippen LogP contribution in [-0.4, -0.2) is 20.9 Å². The molecule has 25 heavy (non-hydrogen) atoms. The minimum Gasteiger partial charge on any atom is -0.366 e. The lowest BCUT2D eigenvalue weighted by Gasteiger charge is -2.10. The zero-order valence-corrected chi connectivity index (χ0v) is 14.2. The quantitative estimate of drug-likeness (QED) is 0.748. The predicted molar refractivity (Wildman–Crippen MR) is 98.1 cm³/mol. The summed E-state index contributed by atoms with van der Waals surface area (Å²) in [6.07, 6.45) is 1.72. The van der Waals surface area contributed by atoms with E-state index in [1.54, 1.807) is 6.20 Å². The van der Waals surface area contributed by atoms with Crippen molar-refractivity contribution in [3.8, 4) is 11.5 Å². The summed E-state index contributed by atoms with van der Waals surface area (Å²) < 4.78 is 0. The van der Waals surface area contributed by atoms with Crippen molar-refractivity contribution in [1.82, 2.24) is 15.0 Å². The number of amides is 1. The Morgan fingerprint density at radius 1 is 1.08 bits per heavy atom. The van der Waals surface area contributed by atoms with Crippen molar-refractivity contribution in [3.63, 3.8) is 0 Å². The Bertz CT molecular complexity index is 880. The highest BCUT2D eigenvalue weighted by atomic mass is 16.1. The summed E-state index contributed by atoms with van der Waals surface area (Å²) in [7, 11) is 0. The van der Waals surface area contributed by atoms with Gasteiger partial charge in [0.15, 0.2) is 5.82 Å².